The summed E-state index contributed by atoms with van der Waals surface area (Å²) in [5, 5.41) is 9.64. The van der Waals surface area contributed by atoms with Crippen LogP contribution in [0.2, 0.25) is 0 Å². The third-order valence-electron chi connectivity index (χ3n) is 4.11. The van der Waals surface area contributed by atoms with Crippen molar-refractivity contribution in [3.63, 3.8) is 0 Å². The molecule has 0 aliphatic rings. The molecule has 1 amide bonds. The molecule has 10 heteroatoms. The minimum absolute atomic E-state index is 0. The number of aromatic nitrogens is 5. The van der Waals surface area contributed by atoms with E-state index >= 15 is 0 Å². The molecule has 0 radical (unpaired) electrons. The van der Waals surface area contributed by atoms with E-state index in [1.54, 1.807) is 13.0 Å². The van der Waals surface area contributed by atoms with E-state index in [0.717, 1.165) is 11.0 Å². The zero-order valence-corrected chi connectivity index (χ0v) is 18.0. The Kier molecular flexibility index (Phi) is 7.52. The fourth-order valence-corrected chi connectivity index (χ4v) is 2.71. The van der Waals surface area contributed by atoms with Crippen molar-refractivity contribution < 1.29 is 23.3 Å². The van der Waals surface area contributed by atoms with E-state index in [1.165, 1.54) is 18.3 Å². The Morgan fingerprint density at radius 3 is 2.69 bits per heavy atom. The average molecular weight is 443 g/mol. The van der Waals surface area contributed by atoms with Gasteiger partial charge in [0.25, 0.3) is 5.91 Å². The lowest BCUT2D eigenvalue weighted by molar-refractivity contribution is -0.145. The summed E-state index contributed by atoms with van der Waals surface area (Å²) in [4.78, 5) is 35.4. The highest BCUT2D eigenvalue weighted by molar-refractivity contribution is 6.03. The number of esters is 1. The highest BCUT2D eigenvalue weighted by Crippen LogP contribution is 2.21. The van der Waals surface area contributed by atoms with E-state index in [-0.39, 0.29) is 29.3 Å². The quantitative estimate of drug-likeness (QED) is 0.363. The molecule has 4 rings (SSSR count). The van der Waals surface area contributed by atoms with Gasteiger partial charge in [-0.05, 0) is 25.1 Å². The molecular formula is C22H30N6O4. The second-order valence-corrected chi connectivity index (χ2v) is 6.20. The fraction of sp³-hybridized carbons (Fsp3) is 0.227. The van der Waals surface area contributed by atoms with Gasteiger partial charge < -0.3 is 19.8 Å². The maximum absolute atomic E-state index is 12.4. The molecule has 3 heterocycles. The summed E-state index contributed by atoms with van der Waals surface area (Å²) in [7, 11) is 0. The van der Waals surface area contributed by atoms with Gasteiger partial charge in [0.05, 0.1) is 23.2 Å². The van der Waals surface area contributed by atoms with Crippen molar-refractivity contribution in [1.29, 1.82) is 0 Å². The van der Waals surface area contributed by atoms with Crippen molar-refractivity contribution in [2.75, 3.05) is 18.5 Å². The maximum atomic E-state index is 12.4. The van der Waals surface area contributed by atoms with Gasteiger partial charge in [-0.15, -0.1) is 0 Å². The number of aromatic amines is 2. The Balaban J connectivity index is 0.00000225. The molecular weight excluding hydrogens is 412 g/mol. The van der Waals surface area contributed by atoms with Crippen molar-refractivity contribution in [2.24, 2.45) is 0 Å². The number of amides is 1. The summed E-state index contributed by atoms with van der Waals surface area (Å²) in [5.41, 5.74) is 2.70. The van der Waals surface area contributed by atoms with E-state index < -0.39 is 5.97 Å². The third-order valence-corrected chi connectivity index (χ3v) is 4.11. The van der Waals surface area contributed by atoms with Crippen molar-refractivity contribution in [1.82, 2.24) is 25.1 Å². The zero-order valence-electron chi connectivity index (χ0n) is 18.0. The normalized spacial score (nSPS) is 10.2. The number of benzene rings is 1. The van der Waals surface area contributed by atoms with E-state index in [1.807, 2.05) is 38.1 Å². The lowest BCUT2D eigenvalue weighted by atomic mass is 10.2. The number of para-hydroxylation sites is 2. The van der Waals surface area contributed by atoms with Crippen LogP contribution in [0.25, 0.3) is 22.6 Å². The molecule has 0 saturated carbocycles. The molecule has 10 nitrogen and oxygen atoms in total. The molecule has 3 aromatic heterocycles. The predicted octanol–water partition coefficient (Wildman–Crippen LogP) is 4.31. The second kappa shape index (κ2) is 10.7. The van der Waals surface area contributed by atoms with E-state index in [0.29, 0.717) is 22.9 Å². The largest absolute Gasteiger partial charge is 0.466 e. The second-order valence-electron chi connectivity index (χ2n) is 6.20. The standard InChI is InChI=1S/C20H18N6O4.C2H6.3H2/c1-2-29-18(27)11-30-17-8-7-12(10-21-17)20(28)24-16-9-15(25-26-16)19-22-13-5-3-4-6-14(13)23-19;1-2;;;/h3-10H,2,11H2,1H3,(H,22,23)(H2,24,25,26,28);1-2H3;3*1H. The van der Waals surface area contributed by atoms with Gasteiger partial charge in [-0.25, -0.2) is 14.8 Å². The lowest BCUT2D eigenvalue weighted by Gasteiger charge is -2.05. The molecule has 3 N–H and O–H groups in total. The van der Waals surface area contributed by atoms with Crippen LogP contribution in [0.4, 0.5) is 5.82 Å². The van der Waals surface area contributed by atoms with Crippen molar-refractivity contribution >= 4 is 28.7 Å². The third kappa shape index (κ3) is 5.48. The van der Waals surface area contributed by atoms with Gasteiger partial charge in [0.1, 0.15) is 5.69 Å². The van der Waals surface area contributed by atoms with Crippen LogP contribution in [0.5, 0.6) is 5.88 Å². The first-order valence-corrected chi connectivity index (χ1v) is 10.2. The first-order chi connectivity index (χ1) is 15.6. The number of nitrogens with zero attached hydrogens (tertiary/aromatic N) is 3. The number of H-pyrrole nitrogens is 2. The molecule has 0 atom stereocenters. The lowest BCUT2D eigenvalue weighted by Crippen LogP contribution is -2.15. The molecule has 1 aromatic carbocycles. The maximum Gasteiger partial charge on any atom is 0.344 e. The summed E-state index contributed by atoms with van der Waals surface area (Å²) in [5.74, 6) is 0.306. The number of ether oxygens (including phenoxy) is 2. The first kappa shape index (κ1) is 22.5. The van der Waals surface area contributed by atoms with E-state index in [9.17, 15) is 9.59 Å². The minimum Gasteiger partial charge on any atom is -0.466 e. The summed E-state index contributed by atoms with van der Waals surface area (Å²) < 4.78 is 9.98. The monoisotopic (exact) mass is 442 g/mol. The van der Waals surface area contributed by atoms with Crippen LogP contribution >= 0.6 is 0 Å². The van der Waals surface area contributed by atoms with Gasteiger partial charge in [-0.2, -0.15) is 5.10 Å². The number of hydrogen-bond donors (Lipinski definition) is 3. The molecule has 4 aromatic rings. The van der Waals surface area contributed by atoms with Crippen LogP contribution in [0.1, 0.15) is 35.4 Å². The van der Waals surface area contributed by atoms with Gasteiger partial charge in [0, 0.05) is 22.6 Å². The molecule has 0 bridgehead atoms. The Morgan fingerprint density at radius 2 is 1.97 bits per heavy atom. The van der Waals surface area contributed by atoms with Gasteiger partial charge >= 0.3 is 5.97 Å². The van der Waals surface area contributed by atoms with Crippen LogP contribution in [0, 0.1) is 0 Å². The van der Waals surface area contributed by atoms with Crippen LogP contribution in [0.15, 0.2) is 48.7 Å². The molecule has 32 heavy (non-hydrogen) atoms. The van der Waals surface area contributed by atoms with E-state index in [4.69, 9.17) is 9.47 Å². The molecule has 0 aliphatic carbocycles. The number of carbonyl (C=O) groups excluding carboxylic acids is 2. The fourth-order valence-electron chi connectivity index (χ4n) is 2.71. The van der Waals surface area contributed by atoms with E-state index in [2.05, 4.69) is 30.5 Å². The van der Waals surface area contributed by atoms with Crippen molar-refractivity contribution in [3.8, 4) is 17.4 Å². The molecule has 0 unspecified atom stereocenters. The number of nitrogens with one attached hydrogen (secondary N) is 3. The number of anilines is 1. The van der Waals surface area contributed by atoms with Crippen molar-refractivity contribution in [3.05, 3.63) is 54.2 Å². The summed E-state index contributed by atoms with van der Waals surface area (Å²) in [6.07, 6.45) is 1.35. The Hall–Kier alpha value is -4.21. The van der Waals surface area contributed by atoms with Gasteiger partial charge in [-0.3, -0.25) is 9.89 Å². The number of rotatable bonds is 7. The highest BCUT2D eigenvalue weighted by atomic mass is 16.6. The number of pyridine rings is 1. The Morgan fingerprint density at radius 1 is 1.16 bits per heavy atom. The molecule has 172 valence electrons. The Bertz CT molecular complexity index is 1160. The number of imidazole rings is 1. The predicted molar refractivity (Wildman–Crippen MR) is 126 cm³/mol. The topological polar surface area (TPSA) is 135 Å². The highest BCUT2D eigenvalue weighted by Gasteiger charge is 2.13. The smallest absolute Gasteiger partial charge is 0.344 e. The number of fused-ring (bicyclic) bond motifs is 1. The molecule has 0 aliphatic heterocycles. The minimum atomic E-state index is -0.486. The SMILES string of the molecule is CC.CCOC(=O)COc1ccc(C(=O)Nc2cc(-c3nc4ccccc4[nH]3)[nH]n2)cn1.[HH].[HH].[HH]. The zero-order chi connectivity index (χ0) is 22.9. The van der Waals surface area contributed by atoms with Gasteiger partial charge in [0.15, 0.2) is 18.2 Å². The summed E-state index contributed by atoms with van der Waals surface area (Å²) >= 11 is 0. The number of hydrogen-bond acceptors (Lipinski definition) is 7. The molecule has 0 spiro atoms. The number of carbonyl (C=O) groups is 2. The average Bonchev–Trinajstić information content (AvgIpc) is 3.46. The van der Waals surface area contributed by atoms with Gasteiger partial charge in [0.2, 0.25) is 5.88 Å². The van der Waals surface area contributed by atoms with Crippen molar-refractivity contribution in [2.45, 2.75) is 20.8 Å². The first-order valence-electron chi connectivity index (χ1n) is 10.2. The molecule has 0 saturated heterocycles. The summed E-state index contributed by atoms with van der Waals surface area (Å²) in [6, 6.07) is 12.4. The van der Waals surface area contributed by atoms with Crippen LogP contribution < -0.4 is 10.1 Å². The van der Waals surface area contributed by atoms with Crippen LogP contribution in [0.3, 0.4) is 0 Å². The Labute approximate surface area is 188 Å². The summed E-state index contributed by atoms with van der Waals surface area (Å²) in [6.45, 7) is 5.74. The molecule has 0 fully saturated rings. The van der Waals surface area contributed by atoms with Crippen LogP contribution in [-0.4, -0.2) is 50.2 Å². The van der Waals surface area contributed by atoms with Gasteiger partial charge in [-0.1, -0.05) is 26.0 Å². The van der Waals surface area contributed by atoms with Crippen LogP contribution in [-0.2, 0) is 9.53 Å².